The molecule has 0 aliphatic rings. The van der Waals surface area contributed by atoms with Gasteiger partial charge in [-0.3, -0.25) is 19.3 Å². The van der Waals surface area contributed by atoms with Crippen molar-refractivity contribution in [3.8, 4) is 0 Å². The van der Waals surface area contributed by atoms with Crippen LogP contribution >= 0.6 is 0 Å². The van der Waals surface area contributed by atoms with Crippen LogP contribution in [0.4, 0.5) is 5.69 Å². The highest BCUT2D eigenvalue weighted by Gasteiger charge is 2.14. The third-order valence-corrected chi connectivity index (χ3v) is 5.51. The fourth-order valence-electron chi connectivity index (χ4n) is 2.88. The van der Waals surface area contributed by atoms with E-state index in [4.69, 9.17) is 16.3 Å². The van der Waals surface area contributed by atoms with E-state index in [-0.39, 0.29) is 31.3 Å². The molecule has 3 rings (SSSR count). The van der Waals surface area contributed by atoms with Gasteiger partial charge in [0.2, 0.25) is 11.9 Å². The number of oxime groups is 1. The van der Waals surface area contributed by atoms with E-state index in [0.29, 0.717) is 16.1 Å². The minimum atomic E-state index is -1.73. The number of nitrogens with zero attached hydrogens (tertiary/aromatic N) is 3. The van der Waals surface area contributed by atoms with E-state index in [1.807, 2.05) is 12.1 Å². The number of para-hydroxylation sites is 1. The Hall–Kier alpha value is -3.93. The Balaban J connectivity index is 1.72. The van der Waals surface area contributed by atoms with Crippen molar-refractivity contribution in [2.45, 2.75) is 18.4 Å². The van der Waals surface area contributed by atoms with Gasteiger partial charge in [-0.15, -0.1) is 0 Å². The van der Waals surface area contributed by atoms with Gasteiger partial charge in [-0.2, -0.15) is 0 Å². The number of nitrogens with one attached hydrogen (secondary N) is 2. The van der Waals surface area contributed by atoms with Gasteiger partial charge >= 0.3 is 0 Å². The second-order valence-corrected chi connectivity index (χ2v) is 7.86. The molecule has 0 saturated heterocycles. The number of hydrogen-bond acceptors (Lipinski definition) is 6. The van der Waals surface area contributed by atoms with Crippen molar-refractivity contribution in [3.05, 3.63) is 64.7 Å². The summed E-state index contributed by atoms with van der Waals surface area (Å²) < 4.78 is 17.0. The van der Waals surface area contributed by atoms with Crippen LogP contribution in [0, 0.1) is 6.92 Å². The fourth-order valence-corrected chi connectivity index (χ4v) is 3.89. The number of benzene rings is 1. The van der Waals surface area contributed by atoms with Gasteiger partial charge < -0.3 is 26.2 Å². The molecule has 2 aromatic heterocycles. The van der Waals surface area contributed by atoms with Crippen molar-refractivity contribution in [2.24, 2.45) is 16.6 Å². The van der Waals surface area contributed by atoms with Crippen LogP contribution in [0.5, 0.6) is 0 Å². The van der Waals surface area contributed by atoms with Crippen molar-refractivity contribution in [1.29, 1.82) is 0 Å². The Morgan fingerprint density at radius 2 is 2.00 bits per heavy atom. The highest BCUT2D eigenvalue weighted by atomic mass is 32.2. The van der Waals surface area contributed by atoms with E-state index in [1.54, 1.807) is 37.4 Å². The molecule has 1 aromatic carbocycles. The summed E-state index contributed by atoms with van der Waals surface area (Å²) >= 11 is 0. The van der Waals surface area contributed by atoms with Gasteiger partial charge in [0.1, 0.15) is 18.8 Å². The Morgan fingerprint density at radius 3 is 2.78 bits per heavy atom. The molecule has 3 aromatic rings. The first-order valence-electron chi connectivity index (χ1n) is 9.57. The maximum atomic E-state index is 12.9. The number of aromatic nitrogens is 2. The van der Waals surface area contributed by atoms with Crippen molar-refractivity contribution in [2.75, 3.05) is 17.9 Å². The standard InChI is InChI=1S/C20H23N7O4S/c1-13-7-8-15(19(29)27(13)12-17(28)23-10-11-31-25-20(21)22)26-32(30)16-6-2-4-14-5-3-9-24-18(14)16/h2-9,26H,10-12H2,1H3,(H,23,28)(H4,21,22,25). The van der Waals surface area contributed by atoms with Crippen LogP contribution in [0.3, 0.4) is 0 Å². The number of carbonyl (C=O) groups excluding carboxylic acids is 1. The Bertz CT molecular complexity index is 1230. The lowest BCUT2D eigenvalue weighted by molar-refractivity contribution is -0.122. The fraction of sp³-hybridized carbons (Fsp3) is 0.200. The monoisotopic (exact) mass is 457 g/mol. The molecule has 0 spiro atoms. The average molecular weight is 458 g/mol. The van der Waals surface area contributed by atoms with Gasteiger partial charge in [-0.1, -0.05) is 18.2 Å². The molecule has 168 valence electrons. The van der Waals surface area contributed by atoms with Crippen LogP contribution in [0.25, 0.3) is 10.9 Å². The Labute approximate surface area is 186 Å². The quantitative estimate of drug-likeness (QED) is 0.154. The van der Waals surface area contributed by atoms with Crippen LogP contribution in [0.1, 0.15) is 5.69 Å². The van der Waals surface area contributed by atoms with Gasteiger partial charge in [0.25, 0.3) is 5.56 Å². The second kappa shape index (κ2) is 10.4. The molecule has 0 radical (unpaired) electrons. The van der Waals surface area contributed by atoms with Gasteiger partial charge in [0.15, 0.2) is 11.0 Å². The lowest BCUT2D eigenvalue weighted by atomic mass is 10.2. The first-order chi connectivity index (χ1) is 15.4. The Kier molecular flexibility index (Phi) is 7.39. The zero-order chi connectivity index (χ0) is 23.1. The molecule has 0 aliphatic heterocycles. The van der Waals surface area contributed by atoms with Gasteiger partial charge in [0.05, 0.1) is 17.0 Å². The van der Waals surface area contributed by atoms with Crippen LogP contribution in [-0.4, -0.2) is 38.8 Å². The van der Waals surface area contributed by atoms with Gasteiger partial charge in [-0.25, -0.2) is 4.21 Å². The van der Waals surface area contributed by atoms with Crippen molar-refractivity contribution in [1.82, 2.24) is 14.9 Å². The molecular weight excluding hydrogens is 434 g/mol. The van der Waals surface area contributed by atoms with E-state index in [2.05, 4.69) is 20.2 Å². The molecule has 1 unspecified atom stereocenters. The summed E-state index contributed by atoms with van der Waals surface area (Å²) in [5.74, 6) is -0.625. The van der Waals surface area contributed by atoms with Crippen molar-refractivity contribution >= 4 is 39.4 Å². The molecule has 11 nitrogen and oxygen atoms in total. The van der Waals surface area contributed by atoms with Crippen LogP contribution in [0.2, 0.25) is 0 Å². The van der Waals surface area contributed by atoms with E-state index >= 15 is 0 Å². The lowest BCUT2D eigenvalue weighted by Crippen LogP contribution is -2.35. The highest BCUT2D eigenvalue weighted by Crippen LogP contribution is 2.20. The molecule has 0 aliphatic carbocycles. The van der Waals surface area contributed by atoms with Crippen LogP contribution < -0.4 is 27.1 Å². The van der Waals surface area contributed by atoms with Crippen LogP contribution in [-0.2, 0) is 27.2 Å². The minimum absolute atomic E-state index is 0.0666. The SMILES string of the molecule is Cc1ccc(NS(=O)c2cccc3cccnc23)c(=O)n1CC(=O)NCCON=C(N)N. The predicted octanol–water partition coefficient (Wildman–Crippen LogP) is 0.161. The number of rotatable bonds is 9. The van der Waals surface area contributed by atoms with E-state index < -0.39 is 22.5 Å². The molecule has 12 heteroatoms. The topological polar surface area (TPSA) is 167 Å². The average Bonchev–Trinajstić information content (AvgIpc) is 2.77. The number of pyridine rings is 2. The zero-order valence-corrected chi connectivity index (χ0v) is 18.1. The largest absolute Gasteiger partial charge is 0.391 e. The first kappa shape index (κ1) is 22.7. The maximum Gasteiger partial charge on any atom is 0.275 e. The molecule has 6 N–H and O–H groups in total. The molecular formula is C20H23N7O4S. The van der Waals surface area contributed by atoms with Crippen molar-refractivity contribution < 1.29 is 13.8 Å². The summed E-state index contributed by atoms with van der Waals surface area (Å²) in [4.78, 5) is 34.6. The van der Waals surface area contributed by atoms with Gasteiger partial charge in [0, 0.05) is 17.3 Å². The summed E-state index contributed by atoms with van der Waals surface area (Å²) in [6.07, 6.45) is 1.61. The molecule has 0 fully saturated rings. The number of carbonyl (C=O) groups is 1. The predicted molar refractivity (Wildman–Crippen MR) is 122 cm³/mol. The van der Waals surface area contributed by atoms with E-state index in [0.717, 1.165) is 5.39 Å². The number of hydrogen-bond donors (Lipinski definition) is 4. The number of amides is 1. The number of fused-ring (bicyclic) bond motifs is 1. The molecule has 32 heavy (non-hydrogen) atoms. The molecule has 2 heterocycles. The van der Waals surface area contributed by atoms with E-state index in [9.17, 15) is 13.8 Å². The summed E-state index contributed by atoms with van der Waals surface area (Å²) in [5, 5.41) is 6.78. The van der Waals surface area contributed by atoms with E-state index in [1.165, 1.54) is 10.6 Å². The lowest BCUT2D eigenvalue weighted by Gasteiger charge is -2.13. The molecule has 1 amide bonds. The number of guanidine groups is 1. The summed E-state index contributed by atoms with van der Waals surface area (Å²) in [5.41, 5.74) is 11.0. The second-order valence-electron chi connectivity index (χ2n) is 6.68. The third-order valence-electron chi connectivity index (χ3n) is 4.38. The maximum absolute atomic E-state index is 12.9. The zero-order valence-electron chi connectivity index (χ0n) is 17.3. The first-order valence-corrected chi connectivity index (χ1v) is 10.7. The van der Waals surface area contributed by atoms with Crippen LogP contribution in [0.15, 0.2) is 63.5 Å². The summed E-state index contributed by atoms with van der Waals surface area (Å²) in [6.45, 7) is 1.70. The molecule has 0 saturated carbocycles. The molecule has 1 atom stereocenters. The third kappa shape index (κ3) is 5.60. The Morgan fingerprint density at radius 1 is 1.22 bits per heavy atom. The summed E-state index contributed by atoms with van der Waals surface area (Å²) in [7, 11) is -1.73. The van der Waals surface area contributed by atoms with Crippen molar-refractivity contribution in [3.63, 3.8) is 0 Å². The highest BCUT2D eigenvalue weighted by molar-refractivity contribution is 7.86. The summed E-state index contributed by atoms with van der Waals surface area (Å²) in [6, 6.07) is 12.2. The minimum Gasteiger partial charge on any atom is -0.391 e. The number of aryl methyl sites for hydroxylation is 1. The smallest absolute Gasteiger partial charge is 0.275 e. The number of nitrogens with two attached hydrogens (primary N) is 2. The number of anilines is 1. The van der Waals surface area contributed by atoms with Gasteiger partial charge in [-0.05, 0) is 36.3 Å². The molecule has 0 bridgehead atoms. The normalized spacial score (nSPS) is 11.5.